The van der Waals surface area contributed by atoms with Crippen molar-refractivity contribution in [2.24, 2.45) is 0 Å². The number of phenols is 1. The molecule has 0 amide bonds. The molecule has 0 aliphatic carbocycles. The largest absolute Gasteiger partial charge is 0.508 e. The molecular formula is C17H13F3N2O. The van der Waals surface area contributed by atoms with E-state index in [1.165, 1.54) is 12.1 Å². The highest BCUT2D eigenvalue weighted by Crippen LogP contribution is 2.29. The van der Waals surface area contributed by atoms with Gasteiger partial charge in [0.15, 0.2) is 0 Å². The fourth-order valence-electron chi connectivity index (χ4n) is 2.30. The van der Waals surface area contributed by atoms with Crippen molar-refractivity contribution in [2.75, 3.05) is 0 Å². The summed E-state index contributed by atoms with van der Waals surface area (Å²) in [5.41, 5.74) is 0.904. The zero-order valence-electron chi connectivity index (χ0n) is 12.0. The first kappa shape index (κ1) is 15.1. The number of halogens is 3. The highest BCUT2D eigenvalue weighted by Gasteiger charge is 2.29. The number of aromatic nitrogens is 2. The quantitative estimate of drug-likeness (QED) is 0.781. The van der Waals surface area contributed by atoms with E-state index in [2.05, 4.69) is 4.98 Å². The summed E-state index contributed by atoms with van der Waals surface area (Å²) in [5, 5.41) is 9.33. The monoisotopic (exact) mass is 318 g/mol. The molecule has 0 aliphatic rings. The molecule has 3 aromatic rings. The van der Waals surface area contributed by atoms with Gasteiger partial charge in [0.25, 0.3) is 0 Å². The summed E-state index contributed by atoms with van der Waals surface area (Å²) in [7, 11) is 0. The number of phenolic OH excluding ortho intramolecular Hbond substituents is 1. The molecule has 0 spiro atoms. The summed E-state index contributed by atoms with van der Waals surface area (Å²) in [6.07, 6.45) is -0.934. The molecule has 23 heavy (non-hydrogen) atoms. The first-order valence-electron chi connectivity index (χ1n) is 6.90. The third-order valence-corrected chi connectivity index (χ3v) is 3.48. The maximum atomic E-state index is 12.6. The van der Waals surface area contributed by atoms with Gasteiger partial charge in [-0.2, -0.15) is 13.2 Å². The summed E-state index contributed by atoms with van der Waals surface area (Å²) in [5.74, 6) is 0.847. The molecule has 6 heteroatoms. The van der Waals surface area contributed by atoms with Gasteiger partial charge in [0.1, 0.15) is 11.6 Å². The van der Waals surface area contributed by atoms with E-state index in [4.69, 9.17) is 0 Å². The lowest BCUT2D eigenvalue weighted by Gasteiger charge is -2.10. The molecule has 0 fully saturated rings. The Morgan fingerprint density at radius 3 is 2.22 bits per heavy atom. The molecular weight excluding hydrogens is 305 g/mol. The second-order valence-corrected chi connectivity index (χ2v) is 5.12. The number of hydrogen-bond acceptors (Lipinski definition) is 2. The lowest BCUT2D eigenvalue weighted by molar-refractivity contribution is -0.137. The third-order valence-electron chi connectivity index (χ3n) is 3.48. The summed E-state index contributed by atoms with van der Waals surface area (Å²) in [4.78, 5) is 4.27. The SMILES string of the molecule is Oc1ccc(-c2nccn2Cc2ccc(C(F)(F)F)cc2)cc1. The van der Waals surface area contributed by atoms with Crippen molar-refractivity contribution >= 4 is 0 Å². The van der Waals surface area contributed by atoms with Gasteiger partial charge in [0.2, 0.25) is 0 Å². The van der Waals surface area contributed by atoms with E-state index in [1.807, 2.05) is 4.57 Å². The van der Waals surface area contributed by atoms with Crippen LogP contribution in [0.3, 0.4) is 0 Å². The smallest absolute Gasteiger partial charge is 0.416 e. The average molecular weight is 318 g/mol. The molecule has 0 unspecified atom stereocenters. The molecule has 0 bridgehead atoms. The van der Waals surface area contributed by atoms with Crippen LogP contribution in [-0.2, 0) is 12.7 Å². The van der Waals surface area contributed by atoms with Gasteiger partial charge in [0, 0.05) is 24.5 Å². The van der Waals surface area contributed by atoms with Crippen LogP contribution in [0.5, 0.6) is 5.75 Å². The van der Waals surface area contributed by atoms with E-state index >= 15 is 0 Å². The maximum Gasteiger partial charge on any atom is 0.416 e. The Morgan fingerprint density at radius 2 is 1.61 bits per heavy atom. The van der Waals surface area contributed by atoms with E-state index in [9.17, 15) is 18.3 Å². The predicted molar refractivity (Wildman–Crippen MR) is 79.9 cm³/mol. The van der Waals surface area contributed by atoms with E-state index in [1.54, 1.807) is 36.7 Å². The van der Waals surface area contributed by atoms with Crippen LogP contribution in [0.2, 0.25) is 0 Å². The Bertz CT molecular complexity index is 790. The van der Waals surface area contributed by atoms with E-state index in [0.29, 0.717) is 12.4 Å². The highest BCUT2D eigenvalue weighted by atomic mass is 19.4. The second-order valence-electron chi connectivity index (χ2n) is 5.12. The molecule has 2 aromatic carbocycles. The molecule has 0 radical (unpaired) electrons. The van der Waals surface area contributed by atoms with E-state index in [0.717, 1.165) is 23.3 Å². The minimum absolute atomic E-state index is 0.162. The van der Waals surface area contributed by atoms with Crippen molar-refractivity contribution in [2.45, 2.75) is 12.7 Å². The maximum absolute atomic E-state index is 12.6. The standard InChI is InChI=1S/C17H13F3N2O/c18-17(19,20)14-5-1-12(2-6-14)11-22-10-9-21-16(22)13-3-7-15(23)8-4-13/h1-10,23H,11H2. The Hall–Kier alpha value is -2.76. The van der Waals surface area contributed by atoms with Crippen LogP contribution >= 0.6 is 0 Å². The lowest BCUT2D eigenvalue weighted by atomic mass is 10.1. The van der Waals surface area contributed by atoms with Crippen molar-refractivity contribution in [3.63, 3.8) is 0 Å². The van der Waals surface area contributed by atoms with Gasteiger partial charge >= 0.3 is 6.18 Å². The van der Waals surface area contributed by atoms with Crippen molar-refractivity contribution in [1.29, 1.82) is 0 Å². The van der Waals surface area contributed by atoms with Crippen LogP contribution < -0.4 is 0 Å². The normalized spacial score (nSPS) is 11.6. The molecule has 0 aliphatic heterocycles. The highest BCUT2D eigenvalue weighted by molar-refractivity contribution is 5.56. The van der Waals surface area contributed by atoms with Crippen LogP contribution in [0, 0.1) is 0 Å². The van der Waals surface area contributed by atoms with E-state index in [-0.39, 0.29) is 5.75 Å². The van der Waals surface area contributed by atoms with Gasteiger partial charge in [-0.25, -0.2) is 4.98 Å². The second kappa shape index (κ2) is 5.79. The summed E-state index contributed by atoms with van der Waals surface area (Å²) >= 11 is 0. The Balaban J connectivity index is 1.84. The van der Waals surface area contributed by atoms with Crippen LogP contribution in [0.25, 0.3) is 11.4 Å². The van der Waals surface area contributed by atoms with Gasteiger partial charge in [-0.3, -0.25) is 0 Å². The van der Waals surface area contributed by atoms with Crippen molar-refractivity contribution < 1.29 is 18.3 Å². The first-order valence-corrected chi connectivity index (χ1v) is 6.90. The van der Waals surface area contributed by atoms with Gasteiger partial charge in [-0.15, -0.1) is 0 Å². The number of nitrogens with zero attached hydrogens (tertiary/aromatic N) is 2. The zero-order valence-corrected chi connectivity index (χ0v) is 12.0. The van der Waals surface area contributed by atoms with Gasteiger partial charge in [0.05, 0.1) is 5.56 Å². The van der Waals surface area contributed by atoms with Gasteiger partial charge < -0.3 is 9.67 Å². The molecule has 0 atom stereocenters. The summed E-state index contributed by atoms with van der Waals surface area (Å²) in [6.45, 7) is 0.411. The number of benzene rings is 2. The molecule has 0 saturated heterocycles. The van der Waals surface area contributed by atoms with Crippen LogP contribution in [-0.4, -0.2) is 14.7 Å². The van der Waals surface area contributed by atoms with Crippen molar-refractivity contribution in [3.8, 4) is 17.1 Å². The molecule has 1 heterocycles. The molecule has 1 N–H and O–H groups in total. The topological polar surface area (TPSA) is 38.1 Å². The van der Waals surface area contributed by atoms with Crippen LogP contribution in [0.4, 0.5) is 13.2 Å². The molecule has 3 nitrogen and oxygen atoms in total. The summed E-state index contributed by atoms with van der Waals surface area (Å²) in [6, 6.07) is 11.7. The van der Waals surface area contributed by atoms with Gasteiger partial charge in [-0.1, -0.05) is 12.1 Å². The third kappa shape index (κ3) is 3.36. The zero-order chi connectivity index (χ0) is 16.4. The molecule has 0 saturated carbocycles. The van der Waals surface area contributed by atoms with E-state index < -0.39 is 11.7 Å². The number of aromatic hydroxyl groups is 1. The number of hydrogen-bond donors (Lipinski definition) is 1. The number of rotatable bonds is 3. The minimum Gasteiger partial charge on any atom is -0.508 e. The number of imidazole rings is 1. The minimum atomic E-state index is -4.33. The Labute approximate surface area is 130 Å². The number of alkyl halides is 3. The lowest BCUT2D eigenvalue weighted by Crippen LogP contribution is -2.06. The van der Waals surface area contributed by atoms with Crippen LogP contribution in [0.15, 0.2) is 60.9 Å². The van der Waals surface area contributed by atoms with Gasteiger partial charge in [-0.05, 0) is 42.0 Å². The Kier molecular flexibility index (Phi) is 3.82. The fourth-order valence-corrected chi connectivity index (χ4v) is 2.30. The Morgan fingerprint density at radius 1 is 0.957 bits per heavy atom. The molecule has 3 rings (SSSR count). The van der Waals surface area contributed by atoms with Crippen molar-refractivity contribution in [1.82, 2.24) is 9.55 Å². The van der Waals surface area contributed by atoms with Crippen molar-refractivity contribution in [3.05, 3.63) is 72.1 Å². The first-order chi connectivity index (χ1) is 10.9. The summed E-state index contributed by atoms with van der Waals surface area (Å²) < 4.78 is 39.6. The molecule has 118 valence electrons. The molecule has 1 aromatic heterocycles. The fraction of sp³-hybridized carbons (Fsp3) is 0.118. The van der Waals surface area contributed by atoms with Crippen LogP contribution in [0.1, 0.15) is 11.1 Å². The average Bonchev–Trinajstić information content (AvgIpc) is 2.96. The predicted octanol–water partition coefficient (Wildman–Crippen LogP) is 4.32.